The number of halogens is 2. The van der Waals surface area contributed by atoms with E-state index in [9.17, 15) is 4.79 Å². The van der Waals surface area contributed by atoms with Crippen LogP contribution in [0.5, 0.6) is 0 Å². The molecule has 0 unspecified atom stereocenters. The van der Waals surface area contributed by atoms with Crippen molar-refractivity contribution in [2.75, 3.05) is 0 Å². The summed E-state index contributed by atoms with van der Waals surface area (Å²) in [6.07, 6.45) is 0.588. The van der Waals surface area contributed by atoms with Gasteiger partial charge in [0.15, 0.2) is 0 Å². The quantitative estimate of drug-likeness (QED) is 0.451. The number of amides is 1. The van der Waals surface area contributed by atoms with E-state index in [1.54, 1.807) is 18.2 Å². The lowest BCUT2D eigenvalue weighted by Crippen LogP contribution is -2.31. The van der Waals surface area contributed by atoms with Crippen LogP contribution >= 0.6 is 23.2 Å². The highest BCUT2D eigenvalue weighted by atomic mass is 35.5. The Morgan fingerprint density at radius 3 is 2.54 bits per heavy atom. The monoisotopic (exact) mass is 409 g/mol. The van der Waals surface area contributed by atoms with Gasteiger partial charge in [-0.3, -0.25) is 4.79 Å². The van der Waals surface area contributed by atoms with Crippen molar-refractivity contribution >= 4 is 40.1 Å². The molecule has 140 valence electrons. The number of carbonyl (C=O) groups excluding carboxylic acids is 1. The molecule has 0 saturated carbocycles. The Balaban J connectivity index is 1.68. The number of hydrogen-bond donors (Lipinski definition) is 2. The van der Waals surface area contributed by atoms with Crippen molar-refractivity contribution in [1.82, 2.24) is 15.3 Å². The highest BCUT2D eigenvalue weighted by molar-refractivity contribution is 6.35. The van der Waals surface area contributed by atoms with E-state index in [4.69, 9.17) is 23.2 Å². The molecule has 0 spiro atoms. The molecule has 0 saturated heterocycles. The van der Waals surface area contributed by atoms with Crippen LogP contribution < -0.4 is 5.32 Å². The number of aromatic nitrogens is 2. The van der Waals surface area contributed by atoms with Gasteiger partial charge in [0.2, 0.25) is 0 Å². The molecule has 4 rings (SSSR count). The van der Waals surface area contributed by atoms with Crippen molar-refractivity contribution in [3.8, 4) is 0 Å². The van der Waals surface area contributed by atoms with E-state index in [2.05, 4.69) is 15.3 Å². The largest absolute Gasteiger partial charge is 0.342 e. The van der Waals surface area contributed by atoms with Gasteiger partial charge in [0.1, 0.15) is 5.82 Å². The van der Waals surface area contributed by atoms with Gasteiger partial charge in [-0.2, -0.15) is 0 Å². The van der Waals surface area contributed by atoms with Gasteiger partial charge in [-0.25, -0.2) is 4.98 Å². The van der Waals surface area contributed by atoms with Gasteiger partial charge in [-0.05, 0) is 42.3 Å². The summed E-state index contributed by atoms with van der Waals surface area (Å²) in [6.45, 7) is 0. The van der Waals surface area contributed by atoms with E-state index in [0.29, 0.717) is 27.9 Å². The number of hydrogen-bond acceptors (Lipinski definition) is 2. The van der Waals surface area contributed by atoms with Gasteiger partial charge in [0, 0.05) is 5.02 Å². The number of benzene rings is 3. The van der Waals surface area contributed by atoms with Gasteiger partial charge in [-0.1, -0.05) is 65.7 Å². The Bertz CT molecular complexity index is 1090. The predicted octanol–water partition coefficient (Wildman–Crippen LogP) is 5.58. The predicted molar refractivity (Wildman–Crippen MR) is 113 cm³/mol. The fourth-order valence-corrected chi connectivity index (χ4v) is 3.49. The molecule has 0 aliphatic carbocycles. The second-order valence-corrected chi connectivity index (χ2v) is 7.32. The SMILES string of the molecule is O=C(N[C@@H](Cc1ccccc1)c1nc2ccccc2[nH]1)c1cc(Cl)ccc1Cl. The van der Waals surface area contributed by atoms with Crippen LogP contribution in [0.2, 0.25) is 10.0 Å². The molecule has 6 heteroatoms. The second kappa shape index (κ2) is 8.05. The maximum Gasteiger partial charge on any atom is 0.253 e. The van der Waals surface area contributed by atoms with Crippen LogP contribution in [0.3, 0.4) is 0 Å². The molecule has 1 atom stereocenters. The maximum absolute atomic E-state index is 12.9. The van der Waals surface area contributed by atoms with Crippen LogP contribution in [-0.2, 0) is 6.42 Å². The van der Waals surface area contributed by atoms with Gasteiger partial charge in [0.05, 0.1) is 27.7 Å². The normalized spacial score (nSPS) is 12.1. The summed E-state index contributed by atoms with van der Waals surface area (Å²) in [5, 5.41) is 3.86. The van der Waals surface area contributed by atoms with Crippen molar-refractivity contribution < 1.29 is 4.79 Å². The van der Waals surface area contributed by atoms with Crippen molar-refractivity contribution in [3.05, 3.63) is 99.8 Å². The molecular weight excluding hydrogens is 393 g/mol. The Labute approximate surface area is 172 Å². The lowest BCUT2D eigenvalue weighted by Gasteiger charge is -2.17. The van der Waals surface area contributed by atoms with Crippen LogP contribution in [0.15, 0.2) is 72.8 Å². The van der Waals surface area contributed by atoms with Crippen LogP contribution in [0.25, 0.3) is 11.0 Å². The van der Waals surface area contributed by atoms with Crippen molar-refractivity contribution in [1.29, 1.82) is 0 Å². The van der Waals surface area contributed by atoms with Crippen molar-refractivity contribution in [2.45, 2.75) is 12.5 Å². The number of nitrogens with one attached hydrogen (secondary N) is 2. The maximum atomic E-state index is 12.9. The summed E-state index contributed by atoms with van der Waals surface area (Å²) >= 11 is 12.2. The minimum atomic E-state index is -0.350. The number of nitrogens with zero attached hydrogens (tertiary/aromatic N) is 1. The fourth-order valence-electron chi connectivity index (χ4n) is 3.11. The number of carbonyl (C=O) groups is 1. The highest BCUT2D eigenvalue weighted by Crippen LogP contribution is 2.24. The highest BCUT2D eigenvalue weighted by Gasteiger charge is 2.21. The number of H-pyrrole nitrogens is 1. The first-order chi connectivity index (χ1) is 13.6. The molecule has 0 bridgehead atoms. The molecule has 0 aliphatic heterocycles. The second-order valence-electron chi connectivity index (χ2n) is 6.48. The standard InChI is InChI=1S/C22H17Cl2N3O/c23-15-10-11-17(24)16(13-15)22(28)27-20(12-14-6-2-1-3-7-14)21-25-18-8-4-5-9-19(18)26-21/h1-11,13,20H,12H2,(H,25,26)(H,27,28)/t20-/m0/s1. The molecule has 0 fully saturated rings. The molecule has 3 aromatic carbocycles. The van der Waals surface area contributed by atoms with Crippen LogP contribution in [0, 0.1) is 0 Å². The Hall–Kier alpha value is -2.82. The summed E-state index contributed by atoms with van der Waals surface area (Å²) < 4.78 is 0. The summed E-state index contributed by atoms with van der Waals surface area (Å²) in [5.41, 5.74) is 3.20. The first kappa shape index (κ1) is 18.5. The van der Waals surface area contributed by atoms with Crippen molar-refractivity contribution in [2.24, 2.45) is 0 Å². The molecule has 0 aliphatic rings. The summed E-state index contributed by atoms with van der Waals surface area (Å²) in [7, 11) is 0. The van der Waals surface area contributed by atoms with E-state index in [-0.39, 0.29) is 11.9 Å². The molecule has 2 N–H and O–H groups in total. The average Bonchev–Trinajstić information content (AvgIpc) is 3.14. The first-order valence-corrected chi connectivity index (χ1v) is 9.60. The number of fused-ring (bicyclic) bond motifs is 1. The summed E-state index contributed by atoms with van der Waals surface area (Å²) in [5.74, 6) is 0.394. The van der Waals surface area contributed by atoms with Crippen LogP contribution in [0.4, 0.5) is 0 Å². The third-order valence-electron chi connectivity index (χ3n) is 4.50. The van der Waals surface area contributed by atoms with E-state index < -0.39 is 0 Å². The Morgan fingerprint density at radius 2 is 1.75 bits per heavy atom. The molecule has 1 heterocycles. The molecular formula is C22H17Cl2N3O. The molecule has 28 heavy (non-hydrogen) atoms. The smallest absolute Gasteiger partial charge is 0.253 e. The zero-order valence-corrected chi connectivity index (χ0v) is 16.3. The van der Waals surface area contributed by atoms with Crippen LogP contribution in [-0.4, -0.2) is 15.9 Å². The van der Waals surface area contributed by atoms with E-state index in [1.165, 1.54) is 0 Å². The fraction of sp³-hybridized carbons (Fsp3) is 0.0909. The molecule has 4 nitrogen and oxygen atoms in total. The Morgan fingerprint density at radius 1 is 1.00 bits per heavy atom. The zero-order valence-electron chi connectivity index (χ0n) is 14.8. The first-order valence-electron chi connectivity index (χ1n) is 8.84. The van der Waals surface area contributed by atoms with Crippen LogP contribution in [0.1, 0.15) is 27.8 Å². The van der Waals surface area contributed by atoms with E-state index >= 15 is 0 Å². The third kappa shape index (κ3) is 4.03. The summed E-state index contributed by atoms with van der Waals surface area (Å²) in [6, 6.07) is 22.2. The van der Waals surface area contributed by atoms with Gasteiger partial charge < -0.3 is 10.3 Å². The van der Waals surface area contributed by atoms with Gasteiger partial charge >= 0.3 is 0 Å². The molecule has 0 radical (unpaired) electrons. The Kier molecular flexibility index (Phi) is 5.33. The molecule has 4 aromatic rings. The minimum absolute atomic E-state index is 0.297. The van der Waals surface area contributed by atoms with Crippen molar-refractivity contribution in [3.63, 3.8) is 0 Å². The summed E-state index contributed by atoms with van der Waals surface area (Å²) in [4.78, 5) is 20.9. The molecule has 1 aromatic heterocycles. The third-order valence-corrected chi connectivity index (χ3v) is 5.06. The van der Waals surface area contributed by atoms with E-state index in [0.717, 1.165) is 16.6 Å². The topological polar surface area (TPSA) is 57.8 Å². The lowest BCUT2D eigenvalue weighted by molar-refractivity contribution is 0.0935. The minimum Gasteiger partial charge on any atom is -0.342 e. The molecule has 1 amide bonds. The van der Waals surface area contributed by atoms with Gasteiger partial charge in [0.25, 0.3) is 5.91 Å². The van der Waals surface area contributed by atoms with E-state index in [1.807, 2.05) is 54.6 Å². The lowest BCUT2D eigenvalue weighted by atomic mass is 10.0. The zero-order chi connectivity index (χ0) is 19.5. The van der Waals surface area contributed by atoms with Gasteiger partial charge in [-0.15, -0.1) is 0 Å². The number of para-hydroxylation sites is 2. The average molecular weight is 410 g/mol. The number of aromatic amines is 1. The number of rotatable bonds is 5. The number of imidazole rings is 1.